The monoisotopic (exact) mass is 451 g/mol. The molecule has 0 fully saturated rings. The number of hydrogen-bond donors (Lipinski definition) is 3. The van der Waals surface area contributed by atoms with E-state index in [0.717, 1.165) is 48.2 Å². The summed E-state index contributed by atoms with van der Waals surface area (Å²) in [6.07, 6.45) is 1.00. The predicted molar refractivity (Wildman–Crippen MR) is 118 cm³/mol. The minimum absolute atomic E-state index is 0.0406. The molecule has 0 aliphatic carbocycles. The normalized spacial score (nSPS) is 16.7. The zero-order valence-electron chi connectivity index (χ0n) is 18.1. The summed E-state index contributed by atoms with van der Waals surface area (Å²) >= 11 is 0. The van der Waals surface area contributed by atoms with Crippen LogP contribution in [0.2, 0.25) is 0 Å². The zero-order valence-corrected chi connectivity index (χ0v) is 18.9. The molecule has 0 saturated heterocycles. The van der Waals surface area contributed by atoms with Gasteiger partial charge in [-0.15, -0.1) is 0 Å². The van der Waals surface area contributed by atoms with Crippen LogP contribution in [0.25, 0.3) is 11.1 Å². The Bertz CT molecular complexity index is 983. The first-order valence-corrected chi connectivity index (χ1v) is 12.8. The number of carbonyl (C=O) groups is 1. The zero-order chi connectivity index (χ0) is 22.8. The van der Waals surface area contributed by atoms with Crippen molar-refractivity contribution in [2.45, 2.75) is 64.5 Å². The maximum Gasteiger partial charge on any atom is 0.305 e. The van der Waals surface area contributed by atoms with Crippen LogP contribution >= 0.6 is 7.37 Å². The van der Waals surface area contributed by atoms with E-state index in [9.17, 15) is 23.7 Å². The summed E-state index contributed by atoms with van der Waals surface area (Å²) < 4.78 is 28.6. The molecule has 170 valence electrons. The van der Waals surface area contributed by atoms with Gasteiger partial charge in [0, 0.05) is 29.7 Å². The molecule has 6 nitrogen and oxygen atoms in total. The van der Waals surface area contributed by atoms with Crippen molar-refractivity contribution in [2.75, 3.05) is 12.3 Å². The van der Waals surface area contributed by atoms with Crippen molar-refractivity contribution in [2.24, 2.45) is 0 Å². The van der Waals surface area contributed by atoms with Crippen LogP contribution < -0.4 is 0 Å². The molecule has 31 heavy (non-hydrogen) atoms. The first-order chi connectivity index (χ1) is 14.6. The SMILES string of the molecule is CC(C)c1c(CCP(=O)(O)C[C@@H](O)CC(=O)O)c(-c2ccc(F)cc2)c2n1CCCC2. The van der Waals surface area contributed by atoms with Gasteiger partial charge in [0.15, 0.2) is 0 Å². The maximum atomic E-state index is 13.6. The predicted octanol–water partition coefficient (Wildman–Crippen LogP) is 4.40. The highest BCUT2D eigenvalue weighted by Crippen LogP contribution is 2.45. The van der Waals surface area contributed by atoms with E-state index in [0.29, 0.717) is 6.42 Å². The molecule has 1 aromatic carbocycles. The number of aliphatic hydroxyl groups excluding tert-OH is 1. The molecule has 2 heterocycles. The van der Waals surface area contributed by atoms with Crippen LogP contribution in [-0.2, 0) is 28.7 Å². The van der Waals surface area contributed by atoms with Crippen LogP contribution in [0.1, 0.15) is 56.0 Å². The number of rotatable bonds is 9. The fourth-order valence-electron chi connectivity index (χ4n) is 4.67. The third-order valence-corrected chi connectivity index (χ3v) is 7.77. The molecule has 0 spiro atoms. The fraction of sp³-hybridized carbons (Fsp3) is 0.522. The summed E-state index contributed by atoms with van der Waals surface area (Å²) in [5, 5.41) is 18.6. The molecule has 0 saturated carbocycles. The van der Waals surface area contributed by atoms with E-state index in [-0.39, 0.29) is 17.9 Å². The van der Waals surface area contributed by atoms with Gasteiger partial charge < -0.3 is 19.7 Å². The van der Waals surface area contributed by atoms with Gasteiger partial charge in [0.1, 0.15) is 5.82 Å². The highest BCUT2D eigenvalue weighted by Gasteiger charge is 2.30. The van der Waals surface area contributed by atoms with Crippen molar-refractivity contribution in [1.82, 2.24) is 4.57 Å². The molecule has 3 N–H and O–H groups in total. The van der Waals surface area contributed by atoms with Crippen molar-refractivity contribution in [3.05, 3.63) is 47.0 Å². The number of carboxylic acid groups (broad SMARTS) is 1. The number of benzene rings is 1. The highest BCUT2D eigenvalue weighted by molar-refractivity contribution is 7.58. The van der Waals surface area contributed by atoms with Crippen LogP contribution in [0, 0.1) is 5.82 Å². The summed E-state index contributed by atoms with van der Waals surface area (Å²) in [5.74, 6) is -1.31. The van der Waals surface area contributed by atoms with Gasteiger partial charge in [-0.05, 0) is 54.9 Å². The Balaban J connectivity index is 1.98. The summed E-state index contributed by atoms with van der Waals surface area (Å²) in [5.41, 5.74) is 5.25. The summed E-state index contributed by atoms with van der Waals surface area (Å²) in [7, 11) is -3.73. The summed E-state index contributed by atoms with van der Waals surface area (Å²) in [6.45, 7) is 5.10. The van der Waals surface area contributed by atoms with Crippen molar-refractivity contribution in [3.8, 4) is 11.1 Å². The number of hydrogen-bond acceptors (Lipinski definition) is 3. The highest BCUT2D eigenvalue weighted by atomic mass is 31.2. The first kappa shape index (κ1) is 23.7. The Morgan fingerprint density at radius 3 is 2.52 bits per heavy atom. The van der Waals surface area contributed by atoms with Gasteiger partial charge in [-0.1, -0.05) is 26.0 Å². The van der Waals surface area contributed by atoms with Crippen molar-refractivity contribution in [3.63, 3.8) is 0 Å². The van der Waals surface area contributed by atoms with E-state index < -0.39 is 32.0 Å². The van der Waals surface area contributed by atoms with Crippen LogP contribution in [0.5, 0.6) is 0 Å². The number of carboxylic acids is 1. The van der Waals surface area contributed by atoms with Crippen LogP contribution in [0.4, 0.5) is 4.39 Å². The van der Waals surface area contributed by atoms with E-state index >= 15 is 0 Å². The lowest BCUT2D eigenvalue weighted by Crippen LogP contribution is -2.18. The van der Waals surface area contributed by atoms with E-state index in [1.54, 1.807) is 12.1 Å². The second kappa shape index (κ2) is 9.68. The summed E-state index contributed by atoms with van der Waals surface area (Å²) in [4.78, 5) is 21.2. The molecule has 2 atom stereocenters. The van der Waals surface area contributed by atoms with Crippen molar-refractivity contribution in [1.29, 1.82) is 0 Å². The van der Waals surface area contributed by atoms with Gasteiger partial charge >= 0.3 is 5.97 Å². The van der Waals surface area contributed by atoms with Gasteiger partial charge in [-0.25, -0.2) is 4.39 Å². The molecule has 8 heteroatoms. The Morgan fingerprint density at radius 1 is 1.23 bits per heavy atom. The second-order valence-electron chi connectivity index (χ2n) is 8.71. The van der Waals surface area contributed by atoms with Crippen LogP contribution in [0.3, 0.4) is 0 Å². The molecule has 0 amide bonds. The van der Waals surface area contributed by atoms with Gasteiger partial charge in [0.25, 0.3) is 0 Å². The molecular formula is C23H31FNO5P. The largest absolute Gasteiger partial charge is 0.481 e. The summed E-state index contributed by atoms with van der Waals surface area (Å²) in [6, 6.07) is 6.37. The van der Waals surface area contributed by atoms with Crippen molar-refractivity contribution < 1.29 is 28.9 Å². The topological polar surface area (TPSA) is 99.8 Å². The smallest absolute Gasteiger partial charge is 0.305 e. The number of aromatic nitrogens is 1. The average Bonchev–Trinajstić information content (AvgIpc) is 3.00. The molecular weight excluding hydrogens is 420 g/mol. The third kappa shape index (κ3) is 5.65. The Labute approximate surface area is 182 Å². The molecule has 3 rings (SSSR count). The van der Waals surface area contributed by atoms with E-state index in [4.69, 9.17) is 5.11 Å². The quantitative estimate of drug-likeness (QED) is 0.491. The van der Waals surface area contributed by atoms with Crippen LogP contribution in [-0.4, -0.2) is 44.1 Å². The Kier molecular flexibility index (Phi) is 7.40. The van der Waals surface area contributed by atoms with Gasteiger partial charge in [-0.2, -0.15) is 0 Å². The lowest BCUT2D eigenvalue weighted by molar-refractivity contribution is -0.138. The van der Waals surface area contributed by atoms with E-state index in [1.165, 1.54) is 17.8 Å². The molecule has 0 radical (unpaired) electrons. The molecule has 1 aromatic heterocycles. The molecule has 1 aliphatic rings. The number of nitrogens with zero attached hydrogens (tertiary/aromatic N) is 1. The molecule has 0 bridgehead atoms. The minimum atomic E-state index is -3.73. The van der Waals surface area contributed by atoms with Gasteiger partial charge in [0.05, 0.1) is 18.7 Å². The number of aliphatic carboxylic acids is 1. The number of halogens is 1. The van der Waals surface area contributed by atoms with Gasteiger partial charge in [0.2, 0.25) is 7.37 Å². The number of fused-ring (bicyclic) bond motifs is 1. The molecule has 1 aliphatic heterocycles. The lowest BCUT2D eigenvalue weighted by Gasteiger charge is -2.21. The first-order valence-electron chi connectivity index (χ1n) is 10.8. The third-order valence-electron chi connectivity index (χ3n) is 5.86. The molecule has 1 unspecified atom stereocenters. The Hall–Kier alpha value is -1.95. The molecule has 2 aromatic rings. The fourth-order valence-corrected chi connectivity index (χ4v) is 6.21. The van der Waals surface area contributed by atoms with E-state index in [2.05, 4.69) is 18.4 Å². The lowest BCUT2D eigenvalue weighted by atomic mass is 9.94. The maximum absolute atomic E-state index is 13.6. The average molecular weight is 451 g/mol. The van der Waals surface area contributed by atoms with Gasteiger partial charge in [-0.3, -0.25) is 9.36 Å². The Morgan fingerprint density at radius 2 is 1.90 bits per heavy atom. The minimum Gasteiger partial charge on any atom is -0.481 e. The van der Waals surface area contributed by atoms with Crippen LogP contribution in [0.15, 0.2) is 24.3 Å². The van der Waals surface area contributed by atoms with E-state index in [1.807, 2.05) is 0 Å². The second-order valence-corrected chi connectivity index (χ2v) is 11.2. The standard InChI is InChI=1S/C23H31FNO5P/c1-15(2)23-19(10-12-31(29,30)14-18(26)13-21(27)28)22(16-6-8-17(24)9-7-16)20-5-3-4-11-25(20)23/h6-9,15,18,26H,3-5,10-14H2,1-2H3,(H,27,28)(H,29,30)/t18-/m0/s1. The van der Waals surface area contributed by atoms with Crippen molar-refractivity contribution >= 4 is 13.3 Å². The number of aliphatic hydroxyl groups is 1.